The Labute approximate surface area is 93.3 Å². The molecule has 0 aliphatic rings. The molecule has 16 heavy (non-hydrogen) atoms. The summed E-state index contributed by atoms with van der Waals surface area (Å²) < 4.78 is 0. The predicted molar refractivity (Wildman–Crippen MR) is 63.5 cm³/mol. The summed E-state index contributed by atoms with van der Waals surface area (Å²) >= 11 is 0. The second kappa shape index (κ2) is 4.49. The van der Waals surface area contributed by atoms with Crippen molar-refractivity contribution >= 4 is 11.9 Å². The summed E-state index contributed by atoms with van der Waals surface area (Å²) in [7, 11) is 0. The van der Waals surface area contributed by atoms with Gasteiger partial charge in [0.1, 0.15) is 11.5 Å². The smallest absolute Gasteiger partial charge is 0.124 e. The maximum absolute atomic E-state index is 9.50. The Morgan fingerprint density at radius 2 is 1.75 bits per heavy atom. The van der Waals surface area contributed by atoms with E-state index in [9.17, 15) is 10.2 Å². The highest BCUT2D eigenvalue weighted by molar-refractivity contribution is 5.85. The van der Waals surface area contributed by atoms with Gasteiger partial charge < -0.3 is 10.2 Å². The fraction of sp³-hybridized carbons (Fsp3) is 0. The van der Waals surface area contributed by atoms with E-state index in [0.717, 1.165) is 0 Å². The van der Waals surface area contributed by atoms with E-state index >= 15 is 0 Å². The lowest BCUT2D eigenvalue weighted by molar-refractivity contribution is 0.474. The molecule has 2 rings (SSSR count). The Hall–Kier alpha value is -2.29. The minimum atomic E-state index is 0.173. The third-order valence-corrected chi connectivity index (χ3v) is 2.12. The molecule has 2 aromatic rings. The SMILES string of the molecule is Oc1cccc(/N=C/c2ccccc2O)c1. The van der Waals surface area contributed by atoms with Crippen LogP contribution < -0.4 is 0 Å². The standard InChI is InChI=1S/C13H11NO2/c15-12-6-3-5-11(8-12)14-9-10-4-1-2-7-13(10)16/h1-9,15-16H/b14-9+. The van der Waals surface area contributed by atoms with Crippen LogP contribution in [0.1, 0.15) is 5.56 Å². The molecule has 0 amide bonds. The molecule has 2 aromatic carbocycles. The highest BCUT2D eigenvalue weighted by atomic mass is 16.3. The molecule has 0 aliphatic carbocycles. The van der Waals surface area contributed by atoms with Crippen molar-refractivity contribution in [1.29, 1.82) is 0 Å². The van der Waals surface area contributed by atoms with Crippen molar-refractivity contribution in [3.05, 3.63) is 54.1 Å². The zero-order valence-electron chi connectivity index (χ0n) is 8.54. The Bertz CT molecular complexity index is 521. The number of phenols is 2. The molecule has 3 heteroatoms. The first-order valence-corrected chi connectivity index (χ1v) is 4.87. The quantitative estimate of drug-likeness (QED) is 0.753. The molecule has 0 spiro atoms. The Balaban J connectivity index is 2.25. The molecule has 0 radical (unpaired) electrons. The largest absolute Gasteiger partial charge is 0.508 e. The molecule has 0 aromatic heterocycles. The van der Waals surface area contributed by atoms with Crippen molar-refractivity contribution in [2.45, 2.75) is 0 Å². The number of hydrogen-bond donors (Lipinski definition) is 2. The van der Waals surface area contributed by atoms with E-state index in [0.29, 0.717) is 11.3 Å². The number of nitrogens with zero attached hydrogens (tertiary/aromatic N) is 1. The van der Waals surface area contributed by atoms with E-state index in [1.807, 2.05) is 6.07 Å². The van der Waals surface area contributed by atoms with E-state index < -0.39 is 0 Å². The first-order chi connectivity index (χ1) is 7.75. The molecular formula is C13H11NO2. The van der Waals surface area contributed by atoms with Crippen LogP contribution in [0.2, 0.25) is 0 Å². The zero-order chi connectivity index (χ0) is 11.4. The average Bonchev–Trinajstić information content (AvgIpc) is 2.28. The van der Waals surface area contributed by atoms with Crippen LogP contribution in [0.5, 0.6) is 11.5 Å². The topological polar surface area (TPSA) is 52.8 Å². The molecule has 0 fully saturated rings. The highest BCUT2D eigenvalue weighted by Gasteiger charge is 1.95. The van der Waals surface area contributed by atoms with Crippen LogP contribution in [0.3, 0.4) is 0 Å². The highest BCUT2D eigenvalue weighted by Crippen LogP contribution is 2.19. The van der Waals surface area contributed by atoms with Gasteiger partial charge >= 0.3 is 0 Å². The van der Waals surface area contributed by atoms with Gasteiger partial charge in [0.05, 0.1) is 5.69 Å². The summed E-state index contributed by atoms with van der Waals surface area (Å²) in [6.07, 6.45) is 1.56. The van der Waals surface area contributed by atoms with Gasteiger partial charge in [-0.05, 0) is 24.3 Å². The molecule has 0 unspecified atom stereocenters. The van der Waals surface area contributed by atoms with E-state index in [4.69, 9.17) is 0 Å². The first-order valence-electron chi connectivity index (χ1n) is 4.87. The van der Waals surface area contributed by atoms with Gasteiger partial charge in [-0.25, -0.2) is 0 Å². The van der Waals surface area contributed by atoms with E-state index in [1.54, 1.807) is 48.7 Å². The van der Waals surface area contributed by atoms with Crippen LogP contribution in [0, 0.1) is 0 Å². The molecule has 0 saturated carbocycles. The van der Waals surface area contributed by atoms with Crippen molar-refractivity contribution in [2.24, 2.45) is 4.99 Å². The van der Waals surface area contributed by atoms with Crippen molar-refractivity contribution in [2.75, 3.05) is 0 Å². The minimum Gasteiger partial charge on any atom is -0.508 e. The fourth-order valence-corrected chi connectivity index (χ4v) is 1.31. The van der Waals surface area contributed by atoms with Gasteiger partial charge in [-0.3, -0.25) is 4.99 Å². The number of hydrogen-bond acceptors (Lipinski definition) is 3. The lowest BCUT2D eigenvalue weighted by Gasteiger charge is -1.97. The maximum Gasteiger partial charge on any atom is 0.124 e. The third-order valence-electron chi connectivity index (χ3n) is 2.12. The zero-order valence-corrected chi connectivity index (χ0v) is 8.54. The van der Waals surface area contributed by atoms with Crippen molar-refractivity contribution in [1.82, 2.24) is 0 Å². The maximum atomic E-state index is 9.50. The van der Waals surface area contributed by atoms with Crippen molar-refractivity contribution in [3.63, 3.8) is 0 Å². The second-order valence-electron chi connectivity index (χ2n) is 3.34. The molecule has 0 saturated heterocycles. The van der Waals surface area contributed by atoms with Crippen LogP contribution >= 0.6 is 0 Å². The number of para-hydroxylation sites is 1. The van der Waals surface area contributed by atoms with Crippen LogP contribution in [0.25, 0.3) is 0 Å². The molecule has 0 bridgehead atoms. The summed E-state index contributed by atoms with van der Waals surface area (Å²) in [5, 5.41) is 18.7. The summed E-state index contributed by atoms with van der Waals surface area (Å²) in [5.74, 6) is 0.360. The number of aromatic hydroxyl groups is 2. The lowest BCUT2D eigenvalue weighted by atomic mass is 10.2. The van der Waals surface area contributed by atoms with Crippen molar-refractivity contribution in [3.8, 4) is 11.5 Å². The second-order valence-corrected chi connectivity index (χ2v) is 3.34. The fourth-order valence-electron chi connectivity index (χ4n) is 1.31. The summed E-state index contributed by atoms with van der Waals surface area (Å²) in [6.45, 7) is 0. The van der Waals surface area contributed by atoms with Gasteiger partial charge in [-0.1, -0.05) is 18.2 Å². The van der Waals surface area contributed by atoms with Crippen LogP contribution in [-0.4, -0.2) is 16.4 Å². The van der Waals surface area contributed by atoms with E-state index in [2.05, 4.69) is 4.99 Å². The van der Waals surface area contributed by atoms with Crippen LogP contribution in [0.4, 0.5) is 5.69 Å². The number of rotatable bonds is 2. The van der Waals surface area contributed by atoms with Gasteiger partial charge in [0.25, 0.3) is 0 Å². The van der Waals surface area contributed by atoms with Gasteiger partial charge in [0.2, 0.25) is 0 Å². The minimum absolute atomic E-state index is 0.173. The Kier molecular flexibility index (Phi) is 2.87. The van der Waals surface area contributed by atoms with Crippen molar-refractivity contribution < 1.29 is 10.2 Å². The number of aliphatic imine (C=N–C) groups is 1. The van der Waals surface area contributed by atoms with Gasteiger partial charge in [-0.2, -0.15) is 0 Å². The van der Waals surface area contributed by atoms with E-state index in [-0.39, 0.29) is 11.5 Å². The molecule has 80 valence electrons. The summed E-state index contributed by atoms with van der Waals surface area (Å²) in [6, 6.07) is 13.6. The average molecular weight is 213 g/mol. The molecule has 2 N–H and O–H groups in total. The van der Waals surface area contributed by atoms with Crippen LogP contribution in [-0.2, 0) is 0 Å². The first kappa shape index (κ1) is 10.2. The Morgan fingerprint density at radius 3 is 2.50 bits per heavy atom. The monoisotopic (exact) mass is 213 g/mol. The summed E-state index contributed by atoms with van der Waals surface area (Å²) in [5.41, 5.74) is 1.29. The molecular weight excluding hydrogens is 202 g/mol. The third kappa shape index (κ3) is 2.39. The molecule has 0 aliphatic heterocycles. The normalized spacial score (nSPS) is 10.8. The lowest BCUT2D eigenvalue weighted by Crippen LogP contribution is -1.80. The molecule has 0 atom stereocenters. The molecule has 3 nitrogen and oxygen atoms in total. The van der Waals surface area contributed by atoms with Gasteiger partial charge in [0.15, 0.2) is 0 Å². The van der Waals surface area contributed by atoms with Crippen LogP contribution in [0.15, 0.2) is 53.5 Å². The van der Waals surface area contributed by atoms with Gasteiger partial charge in [-0.15, -0.1) is 0 Å². The van der Waals surface area contributed by atoms with Gasteiger partial charge in [0, 0.05) is 17.8 Å². The number of phenolic OH excluding ortho intramolecular Hbond substituents is 2. The number of benzene rings is 2. The Morgan fingerprint density at radius 1 is 0.938 bits per heavy atom. The predicted octanol–water partition coefficient (Wildman–Crippen LogP) is 2.85. The molecule has 0 heterocycles. The summed E-state index contributed by atoms with van der Waals surface area (Å²) in [4.78, 5) is 4.15. The van der Waals surface area contributed by atoms with E-state index in [1.165, 1.54) is 0 Å².